The molecule has 2 aromatic rings. The van der Waals surface area contributed by atoms with Crippen LogP contribution in [0.2, 0.25) is 0 Å². The van der Waals surface area contributed by atoms with Crippen LogP contribution in [0, 0.1) is 5.92 Å². The summed E-state index contributed by atoms with van der Waals surface area (Å²) in [6.07, 6.45) is 2.69. The van der Waals surface area contributed by atoms with Crippen molar-refractivity contribution in [2.45, 2.75) is 32.4 Å². The van der Waals surface area contributed by atoms with Crippen molar-refractivity contribution in [2.75, 3.05) is 51.2 Å². The van der Waals surface area contributed by atoms with Gasteiger partial charge in [0.25, 0.3) is 0 Å². The van der Waals surface area contributed by atoms with Crippen molar-refractivity contribution in [2.24, 2.45) is 11.7 Å². The highest BCUT2D eigenvalue weighted by Crippen LogP contribution is 2.18. The van der Waals surface area contributed by atoms with E-state index >= 15 is 0 Å². The van der Waals surface area contributed by atoms with Gasteiger partial charge in [0.1, 0.15) is 5.82 Å². The molecule has 2 atom stereocenters. The fourth-order valence-electron chi connectivity index (χ4n) is 4.68. The Kier molecular flexibility index (Phi) is 8.34. The van der Waals surface area contributed by atoms with Gasteiger partial charge in [0.2, 0.25) is 5.91 Å². The van der Waals surface area contributed by atoms with Crippen LogP contribution < -0.4 is 16.7 Å². The van der Waals surface area contributed by atoms with Crippen molar-refractivity contribution in [1.29, 1.82) is 0 Å². The van der Waals surface area contributed by atoms with Gasteiger partial charge >= 0.3 is 11.7 Å². The van der Waals surface area contributed by atoms with E-state index < -0.39 is 5.69 Å². The Morgan fingerprint density at radius 3 is 2.42 bits per heavy atom. The van der Waals surface area contributed by atoms with E-state index in [1.807, 2.05) is 24.3 Å². The minimum atomic E-state index is -0.487. The van der Waals surface area contributed by atoms with Gasteiger partial charge in [-0.05, 0) is 42.6 Å². The molecule has 0 aliphatic carbocycles. The fraction of sp³-hybridized carbons (Fsp3) is 0.520. The number of benzene rings is 1. The molecule has 2 saturated heterocycles. The molecule has 0 saturated carbocycles. The first-order chi connectivity index (χ1) is 17.3. The number of amides is 3. The average Bonchev–Trinajstić information content (AvgIpc) is 2.87. The van der Waals surface area contributed by atoms with Gasteiger partial charge < -0.3 is 20.6 Å². The molecule has 2 unspecified atom stereocenters. The maximum Gasteiger partial charge on any atom is 0.354 e. The van der Waals surface area contributed by atoms with E-state index in [4.69, 9.17) is 10.8 Å². The van der Waals surface area contributed by atoms with Gasteiger partial charge in [-0.3, -0.25) is 19.6 Å². The lowest BCUT2D eigenvalue weighted by Gasteiger charge is -2.35. The Hall–Kier alpha value is -3.28. The molecule has 11 nitrogen and oxygen atoms in total. The predicted molar refractivity (Wildman–Crippen MR) is 136 cm³/mol. The Morgan fingerprint density at radius 2 is 1.78 bits per heavy atom. The smallest absolute Gasteiger partial charge is 0.354 e. The van der Waals surface area contributed by atoms with E-state index in [2.05, 4.69) is 22.1 Å². The second kappa shape index (κ2) is 11.6. The van der Waals surface area contributed by atoms with Crippen LogP contribution >= 0.6 is 0 Å². The number of piperazine rings is 1. The van der Waals surface area contributed by atoms with Crippen molar-refractivity contribution in [1.82, 2.24) is 24.3 Å². The normalized spacial score (nSPS) is 20.9. The maximum atomic E-state index is 12.6. The summed E-state index contributed by atoms with van der Waals surface area (Å²) in [4.78, 5) is 46.7. The number of piperidine rings is 1. The highest BCUT2D eigenvalue weighted by Gasteiger charge is 2.24. The Morgan fingerprint density at radius 1 is 1.08 bits per heavy atom. The minimum absolute atomic E-state index is 0.0853. The maximum absolute atomic E-state index is 12.6. The van der Waals surface area contributed by atoms with Crippen molar-refractivity contribution in [3.63, 3.8) is 0 Å². The van der Waals surface area contributed by atoms with Crippen LogP contribution in [0.3, 0.4) is 0 Å². The second-order valence-corrected chi connectivity index (χ2v) is 9.57. The van der Waals surface area contributed by atoms with Crippen LogP contribution in [0.15, 0.2) is 41.3 Å². The van der Waals surface area contributed by atoms with Crippen LogP contribution in [0.25, 0.3) is 5.69 Å². The number of hydrogen-bond donors (Lipinski definition) is 3. The zero-order valence-corrected chi connectivity index (χ0v) is 20.7. The summed E-state index contributed by atoms with van der Waals surface area (Å²) in [7, 11) is 0. The molecule has 194 valence electrons. The van der Waals surface area contributed by atoms with Crippen LogP contribution in [0.5, 0.6) is 0 Å². The molecule has 3 amide bonds. The van der Waals surface area contributed by atoms with Gasteiger partial charge in [0, 0.05) is 57.9 Å². The molecule has 11 heteroatoms. The SMILES string of the molecule is CC1CN(Cc2ccc(-n3ccc(NC(=O)N4CCN(C(=O)CCO)CC4)nc3=O)cc2)CCC1N. The molecule has 2 aliphatic rings. The van der Waals surface area contributed by atoms with Crippen molar-refractivity contribution < 1.29 is 14.7 Å². The number of aliphatic hydroxyl groups is 1. The van der Waals surface area contributed by atoms with E-state index in [-0.39, 0.29) is 36.8 Å². The zero-order valence-electron chi connectivity index (χ0n) is 20.7. The summed E-state index contributed by atoms with van der Waals surface area (Å²) >= 11 is 0. The first-order valence-electron chi connectivity index (χ1n) is 12.5. The first kappa shape index (κ1) is 25.8. The third-order valence-electron chi connectivity index (χ3n) is 6.96. The average molecular weight is 498 g/mol. The fourth-order valence-corrected chi connectivity index (χ4v) is 4.68. The Labute approximate surface area is 210 Å². The predicted octanol–water partition coefficient (Wildman–Crippen LogP) is 0.460. The molecule has 2 aliphatic heterocycles. The first-order valence-corrected chi connectivity index (χ1v) is 12.5. The molecule has 4 N–H and O–H groups in total. The third kappa shape index (κ3) is 6.28. The van der Waals surface area contributed by atoms with Crippen LogP contribution in [-0.4, -0.2) is 93.2 Å². The molecule has 36 heavy (non-hydrogen) atoms. The number of rotatable bonds is 6. The summed E-state index contributed by atoms with van der Waals surface area (Å²) in [5.41, 5.74) is 7.51. The lowest BCUT2D eigenvalue weighted by atomic mass is 9.94. The van der Waals surface area contributed by atoms with Gasteiger partial charge in [-0.1, -0.05) is 19.1 Å². The Bertz CT molecular complexity index is 1110. The summed E-state index contributed by atoms with van der Waals surface area (Å²) in [5.74, 6) is 0.531. The van der Waals surface area contributed by atoms with Crippen LogP contribution in [0.1, 0.15) is 25.3 Å². The van der Waals surface area contributed by atoms with Crippen molar-refractivity contribution in [3.8, 4) is 5.69 Å². The molecule has 4 rings (SSSR count). The zero-order chi connectivity index (χ0) is 25.7. The highest BCUT2D eigenvalue weighted by atomic mass is 16.3. The summed E-state index contributed by atoms with van der Waals surface area (Å²) in [6, 6.07) is 9.32. The van der Waals surface area contributed by atoms with Crippen molar-refractivity contribution >= 4 is 17.8 Å². The van der Waals surface area contributed by atoms with Gasteiger partial charge in [-0.25, -0.2) is 9.59 Å². The molecule has 0 bridgehead atoms. The van der Waals surface area contributed by atoms with Gasteiger partial charge in [-0.2, -0.15) is 4.98 Å². The minimum Gasteiger partial charge on any atom is -0.396 e. The summed E-state index contributed by atoms with van der Waals surface area (Å²) < 4.78 is 1.44. The third-order valence-corrected chi connectivity index (χ3v) is 6.96. The molecule has 1 aromatic carbocycles. The number of aromatic nitrogens is 2. The molecular formula is C25H35N7O4. The second-order valence-electron chi connectivity index (χ2n) is 9.57. The summed E-state index contributed by atoms with van der Waals surface area (Å²) in [6.45, 7) is 6.37. The Balaban J connectivity index is 1.32. The largest absolute Gasteiger partial charge is 0.396 e. The molecule has 2 fully saturated rings. The van der Waals surface area contributed by atoms with Crippen molar-refractivity contribution in [3.05, 3.63) is 52.6 Å². The molecular weight excluding hydrogens is 462 g/mol. The quantitative estimate of drug-likeness (QED) is 0.527. The lowest BCUT2D eigenvalue weighted by molar-refractivity contribution is -0.133. The topological polar surface area (TPSA) is 137 Å². The number of aliphatic hydroxyl groups excluding tert-OH is 1. The molecule has 1 aromatic heterocycles. The molecule has 0 spiro atoms. The lowest BCUT2D eigenvalue weighted by Crippen LogP contribution is -2.51. The number of nitrogens with two attached hydrogens (primary N) is 1. The molecule has 0 radical (unpaired) electrons. The molecule has 3 heterocycles. The van der Waals surface area contributed by atoms with E-state index in [1.54, 1.807) is 22.1 Å². The van der Waals surface area contributed by atoms with E-state index in [1.165, 1.54) is 10.1 Å². The summed E-state index contributed by atoms with van der Waals surface area (Å²) in [5, 5.41) is 11.6. The highest BCUT2D eigenvalue weighted by molar-refractivity contribution is 5.88. The number of carbonyl (C=O) groups is 2. The standard InChI is InChI=1S/C25H35N7O4/c1-18-16-29(9-6-21(18)26)17-19-2-4-20(5-3-19)32-10-7-22(28-25(32)36)27-24(35)31-13-11-30(12-14-31)23(34)8-15-33/h2-5,7,10,18,21,33H,6,8-9,11-17,26H2,1H3,(H,27,28,35,36). The number of nitrogens with zero attached hydrogens (tertiary/aromatic N) is 5. The number of likely N-dealkylation sites (tertiary alicyclic amines) is 1. The van der Waals surface area contributed by atoms with E-state index in [0.29, 0.717) is 37.8 Å². The number of nitrogens with one attached hydrogen (secondary N) is 1. The van der Waals surface area contributed by atoms with Gasteiger partial charge in [-0.15, -0.1) is 0 Å². The van der Waals surface area contributed by atoms with Gasteiger partial charge in [0.05, 0.1) is 12.3 Å². The number of anilines is 1. The van der Waals surface area contributed by atoms with E-state index in [9.17, 15) is 14.4 Å². The van der Waals surface area contributed by atoms with Crippen LogP contribution in [0.4, 0.5) is 10.6 Å². The van der Waals surface area contributed by atoms with E-state index in [0.717, 1.165) is 26.1 Å². The number of carbonyl (C=O) groups excluding carboxylic acids is 2. The van der Waals surface area contributed by atoms with Crippen LogP contribution in [-0.2, 0) is 11.3 Å². The number of hydrogen-bond acceptors (Lipinski definition) is 7. The van der Waals surface area contributed by atoms with Gasteiger partial charge in [0.15, 0.2) is 0 Å². The monoisotopic (exact) mass is 497 g/mol. The number of urea groups is 1.